The number of hydrogen-bond acceptors (Lipinski definition) is 3. The van der Waals surface area contributed by atoms with Gasteiger partial charge in [0.2, 0.25) is 5.91 Å². The largest absolute Gasteiger partial charge is 0.481 e. The van der Waals surface area contributed by atoms with Crippen LogP contribution in [0.15, 0.2) is 24.3 Å². The number of carboxylic acid groups (broad SMARTS) is 1. The van der Waals surface area contributed by atoms with Crippen molar-refractivity contribution in [2.24, 2.45) is 0 Å². The van der Waals surface area contributed by atoms with E-state index in [9.17, 15) is 9.59 Å². The van der Waals surface area contributed by atoms with Gasteiger partial charge in [-0.25, -0.2) is 0 Å². The summed E-state index contributed by atoms with van der Waals surface area (Å²) in [7, 11) is 0. The van der Waals surface area contributed by atoms with Crippen molar-refractivity contribution in [3.63, 3.8) is 0 Å². The average Bonchev–Trinajstić information content (AvgIpc) is 3.03. The van der Waals surface area contributed by atoms with E-state index in [2.05, 4.69) is 0 Å². The lowest BCUT2D eigenvalue weighted by molar-refractivity contribution is -0.139. The summed E-state index contributed by atoms with van der Waals surface area (Å²) in [6, 6.07) is 8.03. The van der Waals surface area contributed by atoms with Crippen LogP contribution in [0.25, 0.3) is 0 Å². The van der Waals surface area contributed by atoms with Crippen LogP contribution in [0.5, 0.6) is 0 Å². The molecule has 1 N–H and O–H groups in total. The molecule has 0 aliphatic carbocycles. The molecule has 1 heterocycles. The Kier molecular flexibility index (Phi) is 6.59. The van der Waals surface area contributed by atoms with E-state index < -0.39 is 5.97 Å². The van der Waals surface area contributed by atoms with Crippen LogP contribution in [0.3, 0.4) is 0 Å². The minimum atomic E-state index is -0.881. The second-order valence-electron chi connectivity index (χ2n) is 6.05. The molecule has 0 radical (unpaired) electrons. The first-order valence-electron chi connectivity index (χ1n) is 8.22. The SMILES string of the molecule is Cc1ccccc1CCC(=O)N(CCC(=O)O)C[C@@H]1CCCO1. The molecule has 1 fully saturated rings. The second kappa shape index (κ2) is 8.67. The Morgan fingerprint density at radius 1 is 1.30 bits per heavy atom. The molecular weight excluding hydrogens is 294 g/mol. The summed E-state index contributed by atoms with van der Waals surface area (Å²) >= 11 is 0. The molecule has 1 atom stereocenters. The highest BCUT2D eigenvalue weighted by molar-refractivity contribution is 5.77. The normalized spacial score (nSPS) is 17.2. The lowest BCUT2D eigenvalue weighted by Crippen LogP contribution is -2.38. The summed E-state index contributed by atoms with van der Waals surface area (Å²) in [5.74, 6) is -0.876. The van der Waals surface area contributed by atoms with E-state index >= 15 is 0 Å². The number of nitrogens with zero attached hydrogens (tertiary/aromatic N) is 1. The quantitative estimate of drug-likeness (QED) is 0.799. The molecule has 0 spiro atoms. The van der Waals surface area contributed by atoms with Crippen LogP contribution in [0, 0.1) is 6.92 Å². The predicted molar refractivity (Wildman–Crippen MR) is 87.3 cm³/mol. The summed E-state index contributed by atoms with van der Waals surface area (Å²) in [5.41, 5.74) is 2.34. The zero-order valence-corrected chi connectivity index (χ0v) is 13.7. The Labute approximate surface area is 137 Å². The molecule has 5 heteroatoms. The fraction of sp³-hybridized carbons (Fsp3) is 0.556. The number of aryl methyl sites for hydroxylation is 2. The number of ether oxygens (including phenoxy) is 1. The maximum absolute atomic E-state index is 12.5. The fourth-order valence-corrected chi connectivity index (χ4v) is 2.87. The molecule has 1 aromatic rings. The van der Waals surface area contributed by atoms with Gasteiger partial charge in [0.25, 0.3) is 0 Å². The Morgan fingerprint density at radius 2 is 2.09 bits per heavy atom. The van der Waals surface area contributed by atoms with Gasteiger partial charge < -0.3 is 14.7 Å². The third-order valence-electron chi connectivity index (χ3n) is 4.27. The summed E-state index contributed by atoms with van der Waals surface area (Å²) in [6.07, 6.45) is 3.05. The van der Waals surface area contributed by atoms with Gasteiger partial charge in [-0.3, -0.25) is 9.59 Å². The van der Waals surface area contributed by atoms with Crippen LogP contribution < -0.4 is 0 Å². The van der Waals surface area contributed by atoms with E-state index in [4.69, 9.17) is 9.84 Å². The van der Waals surface area contributed by atoms with Gasteiger partial charge in [0.1, 0.15) is 0 Å². The lowest BCUT2D eigenvalue weighted by Gasteiger charge is -2.25. The third kappa shape index (κ3) is 5.67. The Hall–Kier alpha value is -1.88. The molecule has 1 aliphatic rings. The number of carbonyl (C=O) groups is 2. The minimum Gasteiger partial charge on any atom is -0.481 e. The van der Waals surface area contributed by atoms with E-state index in [1.165, 1.54) is 5.56 Å². The zero-order chi connectivity index (χ0) is 16.7. The number of carboxylic acids is 1. The van der Waals surface area contributed by atoms with Crippen LogP contribution in [-0.2, 0) is 20.7 Å². The highest BCUT2D eigenvalue weighted by Gasteiger charge is 2.23. The van der Waals surface area contributed by atoms with E-state index in [1.807, 2.05) is 31.2 Å². The molecule has 0 aromatic heterocycles. The van der Waals surface area contributed by atoms with Crippen LogP contribution in [-0.4, -0.2) is 47.7 Å². The summed E-state index contributed by atoms with van der Waals surface area (Å²) in [6.45, 7) is 3.52. The maximum atomic E-state index is 12.5. The summed E-state index contributed by atoms with van der Waals surface area (Å²) in [5, 5.41) is 8.88. The van der Waals surface area contributed by atoms with Gasteiger partial charge >= 0.3 is 5.97 Å². The zero-order valence-electron chi connectivity index (χ0n) is 13.7. The molecule has 1 amide bonds. The molecule has 2 rings (SSSR count). The van der Waals surface area contributed by atoms with Crippen molar-refractivity contribution in [2.75, 3.05) is 19.7 Å². The minimum absolute atomic E-state index is 0.00463. The van der Waals surface area contributed by atoms with Gasteiger partial charge in [-0.2, -0.15) is 0 Å². The van der Waals surface area contributed by atoms with Crippen molar-refractivity contribution in [3.05, 3.63) is 35.4 Å². The first-order chi connectivity index (χ1) is 11.1. The molecule has 23 heavy (non-hydrogen) atoms. The number of hydrogen-bond donors (Lipinski definition) is 1. The predicted octanol–water partition coefficient (Wildman–Crippen LogP) is 2.41. The van der Waals surface area contributed by atoms with Gasteiger partial charge in [-0.05, 0) is 37.3 Å². The molecule has 0 unspecified atom stereocenters. The number of aliphatic carboxylic acids is 1. The van der Waals surface area contributed by atoms with Gasteiger partial charge in [-0.15, -0.1) is 0 Å². The smallest absolute Gasteiger partial charge is 0.305 e. The van der Waals surface area contributed by atoms with Gasteiger partial charge in [0.05, 0.1) is 12.5 Å². The Bertz CT molecular complexity index is 538. The first kappa shape index (κ1) is 17.5. The molecule has 1 aliphatic heterocycles. The van der Waals surface area contributed by atoms with Crippen molar-refractivity contribution < 1.29 is 19.4 Å². The Morgan fingerprint density at radius 3 is 2.74 bits per heavy atom. The third-order valence-corrected chi connectivity index (χ3v) is 4.27. The van der Waals surface area contributed by atoms with E-state index in [0.29, 0.717) is 19.4 Å². The second-order valence-corrected chi connectivity index (χ2v) is 6.05. The molecule has 5 nitrogen and oxygen atoms in total. The standard InChI is InChI=1S/C18H25NO4/c1-14-5-2-3-6-15(14)8-9-17(20)19(11-10-18(21)22)13-16-7-4-12-23-16/h2-3,5-6,16H,4,7-13H2,1H3,(H,21,22)/t16-/m0/s1. The van der Waals surface area contributed by atoms with Gasteiger partial charge in [-0.1, -0.05) is 24.3 Å². The first-order valence-corrected chi connectivity index (χ1v) is 8.22. The Balaban J connectivity index is 1.91. The van der Waals surface area contributed by atoms with Crippen molar-refractivity contribution >= 4 is 11.9 Å². The number of carbonyl (C=O) groups excluding carboxylic acids is 1. The molecule has 0 bridgehead atoms. The average molecular weight is 319 g/mol. The summed E-state index contributed by atoms with van der Waals surface area (Å²) < 4.78 is 5.58. The number of benzene rings is 1. The number of rotatable bonds is 8. The summed E-state index contributed by atoms with van der Waals surface area (Å²) in [4.78, 5) is 25.0. The molecule has 0 saturated carbocycles. The van der Waals surface area contributed by atoms with Crippen LogP contribution >= 0.6 is 0 Å². The topological polar surface area (TPSA) is 66.8 Å². The van der Waals surface area contributed by atoms with Crippen LogP contribution in [0.1, 0.15) is 36.8 Å². The molecule has 1 aromatic carbocycles. The van der Waals surface area contributed by atoms with Gasteiger partial charge in [0, 0.05) is 26.1 Å². The van der Waals surface area contributed by atoms with E-state index in [1.54, 1.807) is 4.90 Å². The van der Waals surface area contributed by atoms with Crippen molar-refractivity contribution in [3.8, 4) is 0 Å². The molecule has 1 saturated heterocycles. The van der Waals surface area contributed by atoms with Crippen LogP contribution in [0.2, 0.25) is 0 Å². The van der Waals surface area contributed by atoms with Crippen LogP contribution in [0.4, 0.5) is 0 Å². The van der Waals surface area contributed by atoms with Crippen molar-refractivity contribution in [2.45, 2.75) is 45.1 Å². The number of amides is 1. The monoisotopic (exact) mass is 319 g/mol. The van der Waals surface area contributed by atoms with E-state index in [-0.39, 0.29) is 25.0 Å². The maximum Gasteiger partial charge on any atom is 0.305 e. The van der Waals surface area contributed by atoms with E-state index in [0.717, 1.165) is 25.0 Å². The highest BCUT2D eigenvalue weighted by Crippen LogP contribution is 2.15. The molecular formula is C18H25NO4. The molecule has 126 valence electrons. The van der Waals surface area contributed by atoms with Crippen molar-refractivity contribution in [1.82, 2.24) is 4.90 Å². The van der Waals surface area contributed by atoms with Gasteiger partial charge in [0.15, 0.2) is 0 Å². The fourth-order valence-electron chi connectivity index (χ4n) is 2.87. The highest BCUT2D eigenvalue weighted by atomic mass is 16.5. The lowest BCUT2D eigenvalue weighted by atomic mass is 10.0. The van der Waals surface area contributed by atoms with Crippen molar-refractivity contribution in [1.29, 1.82) is 0 Å².